The van der Waals surface area contributed by atoms with E-state index < -0.39 is 0 Å². The Kier molecular flexibility index (Phi) is 3.16. The predicted molar refractivity (Wildman–Crippen MR) is 70.8 cm³/mol. The summed E-state index contributed by atoms with van der Waals surface area (Å²) < 4.78 is 5.44. The van der Waals surface area contributed by atoms with Gasteiger partial charge in [-0.15, -0.1) is 0 Å². The van der Waals surface area contributed by atoms with E-state index in [0.29, 0.717) is 18.1 Å². The lowest BCUT2D eigenvalue weighted by Gasteiger charge is -2.27. The Morgan fingerprint density at radius 2 is 2.28 bits per heavy atom. The van der Waals surface area contributed by atoms with Crippen LogP contribution in [0.1, 0.15) is 31.7 Å². The third kappa shape index (κ3) is 2.07. The molecule has 18 heavy (non-hydrogen) atoms. The van der Waals surface area contributed by atoms with Crippen LogP contribution in [-0.2, 0) is 6.54 Å². The van der Waals surface area contributed by atoms with E-state index in [1.165, 1.54) is 25.8 Å². The monoisotopic (exact) mass is 247 g/mol. The maximum atomic E-state index is 10.2. The maximum Gasteiger partial charge on any atom is 0.162 e. The number of nitrogens with zero attached hydrogens (tertiary/aromatic N) is 1. The Morgan fingerprint density at radius 3 is 2.94 bits per heavy atom. The molecule has 2 atom stereocenters. The van der Waals surface area contributed by atoms with Crippen LogP contribution in [0.5, 0.6) is 11.5 Å². The van der Waals surface area contributed by atoms with Crippen molar-refractivity contribution < 1.29 is 9.84 Å². The molecule has 1 aliphatic carbocycles. The molecule has 1 saturated carbocycles. The molecule has 2 fully saturated rings. The molecule has 1 saturated heterocycles. The molecule has 1 aromatic carbocycles. The summed E-state index contributed by atoms with van der Waals surface area (Å²) in [4.78, 5) is 2.51. The summed E-state index contributed by atoms with van der Waals surface area (Å²) in [7, 11) is 0. The Bertz CT molecular complexity index is 433. The zero-order valence-corrected chi connectivity index (χ0v) is 10.9. The molecule has 1 aliphatic heterocycles. The van der Waals surface area contributed by atoms with Crippen molar-refractivity contribution in [2.24, 2.45) is 5.92 Å². The lowest BCUT2D eigenvalue weighted by molar-refractivity contribution is 0.202. The van der Waals surface area contributed by atoms with Crippen LogP contribution < -0.4 is 4.74 Å². The van der Waals surface area contributed by atoms with Crippen molar-refractivity contribution in [2.75, 3.05) is 13.2 Å². The number of rotatable bonds is 4. The van der Waals surface area contributed by atoms with Gasteiger partial charge in [-0.05, 0) is 38.2 Å². The van der Waals surface area contributed by atoms with Crippen molar-refractivity contribution in [1.29, 1.82) is 0 Å². The quantitative estimate of drug-likeness (QED) is 0.888. The van der Waals surface area contributed by atoms with Crippen LogP contribution in [0.25, 0.3) is 0 Å². The molecule has 2 bridgehead atoms. The molecule has 1 aromatic rings. The van der Waals surface area contributed by atoms with Crippen molar-refractivity contribution in [3.05, 3.63) is 23.8 Å². The van der Waals surface area contributed by atoms with Crippen LogP contribution in [-0.4, -0.2) is 29.2 Å². The molecule has 3 heteroatoms. The van der Waals surface area contributed by atoms with Gasteiger partial charge >= 0.3 is 0 Å². The first kappa shape index (κ1) is 11.8. The number of likely N-dealkylation sites (tertiary alicyclic amines) is 1. The smallest absolute Gasteiger partial charge is 0.162 e. The van der Waals surface area contributed by atoms with Crippen LogP contribution in [0.3, 0.4) is 0 Å². The van der Waals surface area contributed by atoms with E-state index in [-0.39, 0.29) is 0 Å². The molecule has 2 unspecified atom stereocenters. The predicted octanol–water partition coefficient (Wildman–Crippen LogP) is 2.78. The van der Waals surface area contributed by atoms with Gasteiger partial charge in [0.05, 0.1) is 6.61 Å². The molecule has 1 heterocycles. The molecule has 0 amide bonds. The minimum absolute atomic E-state index is 0.321. The van der Waals surface area contributed by atoms with E-state index in [4.69, 9.17) is 4.74 Å². The van der Waals surface area contributed by atoms with Gasteiger partial charge in [0.2, 0.25) is 0 Å². The van der Waals surface area contributed by atoms with Crippen molar-refractivity contribution in [3.63, 3.8) is 0 Å². The first-order chi connectivity index (χ1) is 8.78. The first-order valence-corrected chi connectivity index (χ1v) is 6.95. The zero-order valence-electron chi connectivity index (χ0n) is 10.9. The number of hydrogen-bond donors (Lipinski definition) is 1. The summed E-state index contributed by atoms with van der Waals surface area (Å²) in [6.45, 7) is 4.58. The summed E-state index contributed by atoms with van der Waals surface area (Å²) in [5.74, 6) is 1.83. The van der Waals surface area contributed by atoms with Gasteiger partial charge in [-0.3, -0.25) is 4.90 Å². The largest absolute Gasteiger partial charge is 0.504 e. The minimum Gasteiger partial charge on any atom is -0.504 e. The lowest BCUT2D eigenvalue weighted by atomic mass is 10.1. The lowest BCUT2D eigenvalue weighted by Crippen LogP contribution is -2.31. The Morgan fingerprint density at radius 1 is 1.39 bits per heavy atom. The van der Waals surface area contributed by atoms with Gasteiger partial charge in [-0.25, -0.2) is 0 Å². The van der Waals surface area contributed by atoms with E-state index in [2.05, 4.69) is 4.90 Å². The van der Waals surface area contributed by atoms with E-state index in [1.807, 2.05) is 25.1 Å². The molecule has 0 aromatic heterocycles. The number of hydrogen-bond acceptors (Lipinski definition) is 3. The number of phenols is 1. The molecular formula is C15H21NO2. The maximum absolute atomic E-state index is 10.2. The molecule has 98 valence electrons. The van der Waals surface area contributed by atoms with Crippen LogP contribution in [0.15, 0.2) is 18.2 Å². The van der Waals surface area contributed by atoms with Gasteiger partial charge in [0, 0.05) is 24.7 Å². The summed E-state index contributed by atoms with van der Waals surface area (Å²) in [6.07, 6.45) is 4.08. The summed E-state index contributed by atoms with van der Waals surface area (Å²) in [5.41, 5.74) is 0.994. The molecule has 0 spiro atoms. The number of phenolic OH excluding ortho intramolecular Hbond substituents is 1. The van der Waals surface area contributed by atoms with Gasteiger partial charge < -0.3 is 9.84 Å². The molecule has 1 N–H and O–H groups in total. The minimum atomic E-state index is 0.321. The van der Waals surface area contributed by atoms with Crippen LogP contribution in [0.2, 0.25) is 0 Å². The fourth-order valence-corrected chi connectivity index (χ4v) is 3.41. The van der Waals surface area contributed by atoms with Crippen LogP contribution in [0, 0.1) is 5.92 Å². The van der Waals surface area contributed by atoms with E-state index in [9.17, 15) is 5.11 Å². The number of para-hydroxylation sites is 1. The SMILES string of the molecule is CCOc1cccc(CN2CC3CCC2C3)c1O. The summed E-state index contributed by atoms with van der Waals surface area (Å²) in [6, 6.07) is 6.54. The van der Waals surface area contributed by atoms with Crippen molar-refractivity contribution >= 4 is 0 Å². The topological polar surface area (TPSA) is 32.7 Å². The van der Waals surface area contributed by atoms with Crippen LogP contribution in [0.4, 0.5) is 0 Å². The second-order valence-corrected chi connectivity index (χ2v) is 5.46. The number of fused-ring (bicyclic) bond motifs is 2. The van der Waals surface area contributed by atoms with Gasteiger partial charge in [0.1, 0.15) is 0 Å². The highest BCUT2D eigenvalue weighted by Gasteiger charge is 2.37. The van der Waals surface area contributed by atoms with Gasteiger partial charge in [0.15, 0.2) is 11.5 Å². The highest BCUT2D eigenvalue weighted by Crippen LogP contribution is 2.39. The van der Waals surface area contributed by atoms with Gasteiger partial charge in [-0.2, -0.15) is 0 Å². The van der Waals surface area contributed by atoms with E-state index in [1.54, 1.807) is 0 Å². The number of benzene rings is 1. The highest BCUT2D eigenvalue weighted by atomic mass is 16.5. The second kappa shape index (κ2) is 4.81. The summed E-state index contributed by atoms with van der Waals surface area (Å²) >= 11 is 0. The van der Waals surface area contributed by atoms with Crippen LogP contribution >= 0.6 is 0 Å². The molecule has 3 rings (SSSR count). The fourth-order valence-electron chi connectivity index (χ4n) is 3.41. The Hall–Kier alpha value is -1.22. The van der Waals surface area contributed by atoms with Crippen molar-refractivity contribution in [2.45, 2.75) is 38.8 Å². The number of aromatic hydroxyl groups is 1. The normalized spacial score (nSPS) is 26.7. The van der Waals surface area contributed by atoms with Crippen molar-refractivity contribution in [1.82, 2.24) is 4.90 Å². The Labute approximate surface area is 108 Å². The van der Waals surface area contributed by atoms with E-state index in [0.717, 1.165) is 24.1 Å². The first-order valence-electron chi connectivity index (χ1n) is 6.95. The number of ether oxygens (including phenoxy) is 1. The molecule has 0 radical (unpaired) electrons. The van der Waals surface area contributed by atoms with Gasteiger partial charge in [0.25, 0.3) is 0 Å². The number of piperidine rings is 1. The standard InChI is InChI=1S/C15H21NO2/c1-2-18-14-5-3-4-12(15(14)17)10-16-9-11-6-7-13(16)8-11/h3-5,11,13,17H,2,6-10H2,1H3. The summed E-state index contributed by atoms with van der Waals surface area (Å²) in [5, 5.41) is 10.2. The third-order valence-electron chi connectivity index (χ3n) is 4.28. The fraction of sp³-hybridized carbons (Fsp3) is 0.600. The molecule has 2 aliphatic rings. The molecule has 3 nitrogen and oxygen atoms in total. The average molecular weight is 247 g/mol. The van der Waals surface area contributed by atoms with Gasteiger partial charge in [-0.1, -0.05) is 12.1 Å². The highest BCUT2D eigenvalue weighted by molar-refractivity contribution is 5.45. The zero-order chi connectivity index (χ0) is 12.5. The van der Waals surface area contributed by atoms with Crippen molar-refractivity contribution in [3.8, 4) is 11.5 Å². The third-order valence-corrected chi connectivity index (χ3v) is 4.28. The molecular weight excluding hydrogens is 226 g/mol. The average Bonchev–Trinajstić information content (AvgIpc) is 2.96. The second-order valence-electron chi connectivity index (χ2n) is 5.46. The Balaban J connectivity index is 1.74. The van der Waals surface area contributed by atoms with E-state index >= 15 is 0 Å².